The molecule has 0 heterocycles. The predicted molar refractivity (Wildman–Crippen MR) is 71.1 cm³/mol. The van der Waals surface area contributed by atoms with E-state index in [0.29, 0.717) is 5.69 Å². The number of rotatable bonds is 6. The fraction of sp³-hybridized carbons (Fsp3) is 0.417. The summed E-state index contributed by atoms with van der Waals surface area (Å²) in [5.74, 6) is -4.09. The number of carbonyl (C=O) groups is 1. The molecule has 0 aliphatic heterocycles. The van der Waals surface area contributed by atoms with Gasteiger partial charge in [0.1, 0.15) is 6.04 Å². The maximum atomic E-state index is 12.4. The van der Waals surface area contributed by atoms with Crippen molar-refractivity contribution in [2.24, 2.45) is 11.7 Å². The summed E-state index contributed by atoms with van der Waals surface area (Å²) in [5.41, 5.74) is 5.65. The lowest BCUT2D eigenvalue weighted by atomic mass is 10.0. The van der Waals surface area contributed by atoms with E-state index in [-0.39, 0.29) is 5.92 Å². The van der Waals surface area contributed by atoms with Crippen LogP contribution in [0.25, 0.3) is 0 Å². The van der Waals surface area contributed by atoms with Crippen LogP contribution in [0.1, 0.15) is 13.8 Å². The second-order valence-electron chi connectivity index (χ2n) is 4.60. The zero-order chi connectivity index (χ0) is 15.5. The van der Waals surface area contributed by atoms with Gasteiger partial charge in [0, 0.05) is 5.69 Å². The summed E-state index contributed by atoms with van der Waals surface area (Å²) in [5, 5.41) is 2.83. The highest BCUT2D eigenvalue weighted by Gasteiger charge is 2.26. The Hall–Kier alpha value is -1.70. The first kappa shape index (κ1) is 16.4. The number of halogens is 2. The molecule has 5 nitrogen and oxygen atoms in total. The number of primary amides is 1. The molecule has 1 atom stereocenters. The molecule has 0 aromatic heterocycles. The van der Waals surface area contributed by atoms with Crippen molar-refractivity contribution in [3.05, 3.63) is 24.3 Å². The van der Waals surface area contributed by atoms with Crippen LogP contribution in [0, 0.1) is 5.92 Å². The van der Waals surface area contributed by atoms with Gasteiger partial charge in [-0.1, -0.05) is 13.8 Å². The second-order valence-corrected chi connectivity index (χ2v) is 6.52. The summed E-state index contributed by atoms with van der Waals surface area (Å²) in [6.45, 7) is 3.58. The molecule has 1 aromatic carbocycles. The van der Waals surface area contributed by atoms with E-state index in [1.807, 2.05) is 0 Å². The minimum absolute atomic E-state index is 0.0722. The number of sulfone groups is 1. The number of nitrogens with two attached hydrogens (primary N) is 1. The van der Waals surface area contributed by atoms with Crippen molar-refractivity contribution in [1.82, 2.24) is 0 Å². The standard InChI is InChI=1S/C12H16F2N2O3S/c1-7(2)10(11(15)17)16-8-3-5-9(6-4-8)20(18,19)12(13)14/h3-7,10,12,16H,1-2H3,(H2,15,17). The van der Waals surface area contributed by atoms with Gasteiger partial charge in [-0.3, -0.25) is 4.79 Å². The molecule has 8 heteroatoms. The van der Waals surface area contributed by atoms with E-state index in [4.69, 9.17) is 5.73 Å². The quantitative estimate of drug-likeness (QED) is 0.835. The average Bonchev–Trinajstić information content (AvgIpc) is 2.35. The minimum atomic E-state index is -4.61. The van der Waals surface area contributed by atoms with Gasteiger partial charge in [0.05, 0.1) is 4.90 Å². The molecular formula is C12H16F2N2O3S. The van der Waals surface area contributed by atoms with E-state index in [1.54, 1.807) is 13.8 Å². The SMILES string of the molecule is CC(C)C(Nc1ccc(S(=O)(=O)C(F)F)cc1)C(N)=O. The average molecular weight is 306 g/mol. The molecule has 1 aromatic rings. The molecule has 3 N–H and O–H groups in total. The molecule has 0 fully saturated rings. The third-order valence-corrected chi connectivity index (χ3v) is 4.11. The van der Waals surface area contributed by atoms with Gasteiger partial charge in [-0.2, -0.15) is 8.78 Å². The topological polar surface area (TPSA) is 89.3 Å². The van der Waals surface area contributed by atoms with Gasteiger partial charge in [-0.15, -0.1) is 0 Å². The summed E-state index contributed by atoms with van der Waals surface area (Å²) >= 11 is 0. The lowest BCUT2D eigenvalue weighted by Gasteiger charge is -2.20. The molecule has 0 radical (unpaired) electrons. The Morgan fingerprint density at radius 3 is 2.05 bits per heavy atom. The minimum Gasteiger partial charge on any atom is -0.373 e. The highest BCUT2D eigenvalue weighted by molar-refractivity contribution is 7.91. The van der Waals surface area contributed by atoms with Crippen molar-refractivity contribution in [2.75, 3.05) is 5.32 Å². The molecule has 20 heavy (non-hydrogen) atoms. The van der Waals surface area contributed by atoms with E-state index in [9.17, 15) is 22.0 Å². The molecule has 1 amide bonds. The lowest BCUT2D eigenvalue weighted by Crippen LogP contribution is -2.39. The van der Waals surface area contributed by atoms with Crippen molar-refractivity contribution in [1.29, 1.82) is 0 Å². The maximum Gasteiger partial charge on any atom is 0.341 e. The molecule has 0 spiro atoms. The van der Waals surface area contributed by atoms with Gasteiger partial charge >= 0.3 is 5.76 Å². The molecule has 1 rings (SSSR count). The summed E-state index contributed by atoms with van der Waals surface area (Å²) in [6.07, 6.45) is 0. The smallest absolute Gasteiger partial charge is 0.341 e. The van der Waals surface area contributed by atoms with Crippen LogP contribution in [-0.4, -0.2) is 26.1 Å². The zero-order valence-corrected chi connectivity index (χ0v) is 11.8. The molecule has 0 saturated carbocycles. The van der Waals surface area contributed by atoms with Crippen LogP contribution < -0.4 is 11.1 Å². The highest BCUT2D eigenvalue weighted by atomic mass is 32.2. The first-order chi connectivity index (χ1) is 9.16. The van der Waals surface area contributed by atoms with Gasteiger partial charge in [0.25, 0.3) is 0 Å². The van der Waals surface area contributed by atoms with Gasteiger partial charge in [-0.05, 0) is 30.2 Å². The van der Waals surface area contributed by atoms with E-state index in [2.05, 4.69) is 5.32 Å². The third-order valence-electron chi connectivity index (χ3n) is 2.71. The van der Waals surface area contributed by atoms with Crippen LogP contribution in [0.2, 0.25) is 0 Å². The largest absolute Gasteiger partial charge is 0.373 e. The number of alkyl halides is 2. The Kier molecular flexibility index (Phi) is 5.04. The van der Waals surface area contributed by atoms with Gasteiger partial charge in [-0.25, -0.2) is 8.42 Å². The number of hydrogen-bond donors (Lipinski definition) is 2. The Morgan fingerprint density at radius 2 is 1.70 bits per heavy atom. The van der Waals surface area contributed by atoms with E-state index >= 15 is 0 Å². The number of nitrogens with one attached hydrogen (secondary N) is 1. The first-order valence-electron chi connectivity index (χ1n) is 5.84. The monoisotopic (exact) mass is 306 g/mol. The lowest BCUT2D eigenvalue weighted by molar-refractivity contribution is -0.119. The van der Waals surface area contributed by atoms with Gasteiger partial charge in [0.15, 0.2) is 0 Å². The Bertz CT molecular complexity index is 571. The van der Waals surface area contributed by atoms with Crippen LogP contribution in [0.3, 0.4) is 0 Å². The Morgan fingerprint density at radius 1 is 1.20 bits per heavy atom. The molecule has 0 aliphatic carbocycles. The fourth-order valence-corrected chi connectivity index (χ4v) is 2.31. The van der Waals surface area contributed by atoms with E-state index in [0.717, 1.165) is 12.1 Å². The number of anilines is 1. The van der Waals surface area contributed by atoms with E-state index in [1.165, 1.54) is 12.1 Å². The van der Waals surface area contributed by atoms with Crippen LogP contribution >= 0.6 is 0 Å². The van der Waals surface area contributed by atoms with Crippen molar-refractivity contribution in [3.63, 3.8) is 0 Å². The van der Waals surface area contributed by atoms with Crippen LogP contribution in [0.15, 0.2) is 29.2 Å². The normalized spacial score (nSPS) is 13.5. The summed E-state index contributed by atoms with van der Waals surface area (Å²) in [4.78, 5) is 10.8. The van der Waals surface area contributed by atoms with Crippen molar-refractivity contribution >= 4 is 21.4 Å². The van der Waals surface area contributed by atoms with Crippen molar-refractivity contribution in [3.8, 4) is 0 Å². The van der Waals surface area contributed by atoms with Gasteiger partial charge in [0.2, 0.25) is 15.7 Å². The molecule has 0 bridgehead atoms. The third kappa shape index (κ3) is 3.66. The van der Waals surface area contributed by atoms with Crippen LogP contribution in [0.4, 0.5) is 14.5 Å². The predicted octanol–water partition coefficient (Wildman–Crippen LogP) is 1.60. The summed E-state index contributed by atoms with van der Waals surface area (Å²) in [6, 6.07) is 4.11. The second kappa shape index (κ2) is 6.17. The number of amides is 1. The molecule has 1 unspecified atom stereocenters. The number of carbonyl (C=O) groups excluding carboxylic acids is 1. The van der Waals surface area contributed by atoms with Crippen LogP contribution in [0.5, 0.6) is 0 Å². The Balaban J connectivity index is 2.95. The Labute approximate surface area is 116 Å². The molecule has 0 aliphatic rings. The highest BCUT2D eigenvalue weighted by Crippen LogP contribution is 2.21. The molecule has 0 saturated heterocycles. The summed E-state index contributed by atoms with van der Waals surface area (Å²) < 4.78 is 47.2. The zero-order valence-electron chi connectivity index (χ0n) is 11.0. The summed E-state index contributed by atoms with van der Waals surface area (Å²) in [7, 11) is -4.61. The molecule has 112 valence electrons. The van der Waals surface area contributed by atoms with Crippen molar-refractivity contribution in [2.45, 2.75) is 30.5 Å². The first-order valence-corrected chi connectivity index (χ1v) is 7.39. The van der Waals surface area contributed by atoms with Crippen molar-refractivity contribution < 1.29 is 22.0 Å². The number of hydrogen-bond acceptors (Lipinski definition) is 4. The fourth-order valence-electron chi connectivity index (χ4n) is 1.59. The molecular weight excluding hydrogens is 290 g/mol. The number of benzene rings is 1. The maximum absolute atomic E-state index is 12.4. The van der Waals surface area contributed by atoms with Gasteiger partial charge < -0.3 is 11.1 Å². The van der Waals surface area contributed by atoms with E-state index < -0.39 is 32.4 Å². The van der Waals surface area contributed by atoms with Crippen LogP contribution in [-0.2, 0) is 14.6 Å².